The van der Waals surface area contributed by atoms with Gasteiger partial charge in [-0.2, -0.15) is 0 Å². The van der Waals surface area contributed by atoms with Crippen LogP contribution in [0, 0.1) is 0 Å². The summed E-state index contributed by atoms with van der Waals surface area (Å²) in [6.45, 7) is 2.74. The van der Waals surface area contributed by atoms with Crippen LogP contribution in [0.5, 0.6) is 0 Å². The van der Waals surface area contributed by atoms with Crippen LogP contribution >= 0.6 is 15.9 Å². The van der Waals surface area contributed by atoms with Gasteiger partial charge >= 0.3 is 0 Å². The zero-order valence-corrected chi connectivity index (χ0v) is 12.5. The number of fused-ring (bicyclic) bond motifs is 1. The fraction of sp³-hybridized carbons (Fsp3) is 0.462. The summed E-state index contributed by atoms with van der Waals surface area (Å²) >= 11 is 3.47. The summed E-state index contributed by atoms with van der Waals surface area (Å²) in [7, 11) is 1.67. The number of hydrogen-bond acceptors (Lipinski definition) is 4. The Kier molecular flexibility index (Phi) is 5.18. The van der Waals surface area contributed by atoms with Gasteiger partial charge in [0.15, 0.2) is 0 Å². The van der Waals surface area contributed by atoms with Crippen LogP contribution in [0.2, 0.25) is 0 Å². The van der Waals surface area contributed by atoms with Crippen LogP contribution in [0.25, 0.3) is 11.0 Å². The van der Waals surface area contributed by atoms with E-state index in [1.54, 1.807) is 7.11 Å². The number of anilines is 1. The highest BCUT2D eigenvalue weighted by atomic mass is 79.9. The van der Waals surface area contributed by atoms with E-state index in [1.165, 1.54) is 0 Å². The average molecular weight is 328 g/mol. The number of methoxy groups -OCH3 is 1. The van der Waals surface area contributed by atoms with Gasteiger partial charge in [0.25, 0.3) is 0 Å². The lowest BCUT2D eigenvalue weighted by Crippen LogP contribution is -2.08. The van der Waals surface area contributed by atoms with Crippen molar-refractivity contribution in [3.63, 3.8) is 0 Å². The van der Waals surface area contributed by atoms with Crippen molar-refractivity contribution in [2.24, 2.45) is 0 Å². The predicted octanol–water partition coefficient (Wildman–Crippen LogP) is 2.43. The average Bonchev–Trinajstić information content (AvgIpc) is 2.69. The largest absolute Gasteiger partial charge is 0.382 e. The molecule has 0 atom stereocenters. The first-order valence-corrected chi connectivity index (χ1v) is 6.99. The molecule has 0 unspecified atom stereocenters. The standard InChI is InChI=1S/C13H18BrN3O2/c1-18-7-8-19-6-2-5-17-12-9-10(14)3-4-11(12)16-13(17)15/h3-4,9H,2,5-8H2,1H3,(H2,15,16). The monoisotopic (exact) mass is 327 g/mol. The zero-order valence-electron chi connectivity index (χ0n) is 10.9. The second-order valence-electron chi connectivity index (χ2n) is 4.21. The Balaban J connectivity index is 1.96. The lowest BCUT2D eigenvalue weighted by Gasteiger charge is -2.07. The van der Waals surface area contributed by atoms with Gasteiger partial charge in [0.1, 0.15) is 0 Å². The van der Waals surface area contributed by atoms with Crippen LogP contribution in [0.3, 0.4) is 0 Å². The molecule has 0 saturated carbocycles. The first kappa shape index (κ1) is 14.3. The molecule has 0 bridgehead atoms. The second-order valence-corrected chi connectivity index (χ2v) is 5.13. The Morgan fingerprint density at radius 2 is 2.16 bits per heavy atom. The summed E-state index contributed by atoms with van der Waals surface area (Å²) in [5.41, 5.74) is 7.90. The number of rotatable bonds is 7. The molecule has 0 fully saturated rings. The molecular formula is C13H18BrN3O2. The summed E-state index contributed by atoms with van der Waals surface area (Å²) in [6.07, 6.45) is 0.895. The van der Waals surface area contributed by atoms with Crippen molar-refractivity contribution in [3.05, 3.63) is 22.7 Å². The van der Waals surface area contributed by atoms with Crippen molar-refractivity contribution in [3.8, 4) is 0 Å². The van der Waals surface area contributed by atoms with Crippen LogP contribution in [0.1, 0.15) is 6.42 Å². The third-order valence-electron chi connectivity index (χ3n) is 2.84. The molecule has 104 valence electrons. The summed E-state index contributed by atoms with van der Waals surface area (Å²) in [4.78, 5) is 4.34. The minimum Gasteiger partial charge on any atom is -0.382 e. The molecule has 0 aliphatic rings. The molecule has 5 nitrogen and oxygen atoms in total. The Morgan fingerprint density at radius 3 is 2.95 bits per heavy atom. The number of imidazole rings is 1. The number of nitrogens with zero attached hydrogens (tertiary/aromatic N) is 2. The second kappa shape index (κ2) is 6.88. The molecule has 0 aliphatic heterocycles. The quantitative estimate of drug-likeness (QED) is 0.793. The van der Waals surface area contributed by atoms with E-state index in [-0.39, 0.29) is 0 Å². The third-order valence-corrected chi connectivity index (χ3v) is 3.34. The van der Waals surface area contributed by atoms with Crippen LogP contribution < -0.4 is 5.73 Å². The maximum absolute atomic E-state index is 5.94. The van der Waals surface area contributed by atoms with Gasteiger partial charge in [0.05, 0.1) is 24.2 Å². The minimum atomic E-state index is 0.546. The van der Waals surface area contributed by atoms with E-state index < -0.39 is 0 Å². The van der Waals surface area contributed by atoms with E-state index in [4.69, 9.17) is 15.2 Å². The third kappa shape index (κ3) is 3.68. The van der Waals surface area contributed by atoms with Gasteiger partial charge in [0.2, 0.25) is 5.95 Å². The fourth-order valence-electron chi connectivity index (χ4n) is 1.92. The first-order chi connectivity index (χ1) is 9.22. The number of nitrogens with two attached hydrogens (primary N) is 1. The van der Waals surface area contributed by atoms with Crippen molar-refractivity contribution in [1.29, 1.82) is 0 Å². The van der Waals surface area contributed by atoms with E-state index in [0.29, 0.717) is 25.8 Å². The molecule has 2 N–H and O–H groups in total. The van der Waals surface area contributed by atoms with Gasteiger partial charge in [-0.3, -0.25) is 0 Å². The van der Waals surface area contributed by atoms with E-state index in [2.05, 4.69) is 20.9 Å². The maximum atomic E-state index is 5.94. The Morgan fingerprint density at radius 1 is 1.32 bits per heavy atom. The molecule has 1 aromatic carbocycles. The molecule has 2 rings (SSSR count). The molecule has 19 heavy (non-hydrogen) atoms. The van der Waals surface area contributed by atoms with E-state index >= 15 is 0 Å². The van der Waals surface area contributed by atoms with Crippen LogP contribution in [-0.4, -0.2) is 36.5 Å². The SMILES string of the molecule is COCCOCCCn1c(N)nc2ccc(Br)cc21. The number of aromatic nitrogens is 2. The Labute approximate surface area is 120 Å². The molecule has 6 heteroatoms. The molecule has 0 saturated heterocycles. The Bertz CT molecular complexity index is 542. The van der Waals surface area contributed by atoms with Crippen LogP contribution in [0.15, 0.2) is 22.7 Å². The van der Waals surface area contributed by atoms with Crippen LogP contribution in [-0.2, 0) is 16.0 Å². The highest BCUT2D eigenvalue weighted by Crippen LogP contribution is 2.22. The summed E-state index contributed by atoms with van der Waals surface area (Å²) in [5, 5.41) is 0. The van der Waals surface area contributed by atoms with Gasteiger partial charge < -0.3 is 19.8 Å². The lowest BCUT2D eigenvalue weighted by molar-refractivity contribution is 0.0682. The number of nitrogen functional groups attached to an aromatic ring is 1. The molecule has 0 spiro atoms. The number of ether oxygens (including phenoxy) is 2. The van der Waals surface area contributed by atoms with Gasteiger partial charge in [-0.25, -0.2) is 4.98 Å². The van der Waals surface area contributed by atoms with Crippen molar-refractivity contribution in [1.82, 2.24) is 9.55 Å². The minimum absolute atomic E-state index is 0.546. The smallest absolute Gasteiger partial charge is 0.201 e. The van der Waals surface area contributed by atoms with Gasteiger partial charge in [-0.15, -0.1) is 0 Å². The van der Waals surface area contributed by atoms with E-state index in [0.717, 1.165) is 28.5 Å². The van der Waals surface area contributed by atoms with Gasteiger partial charge in [-0.05, 0) is 24.6 Å². The molecule has 0 radical (unpaired) electrons. The van der Waals surface area contributed by atoms with E-state index in [9.17, 15) is 0 Å². The highest BCUT2D eigenvalue weighted by molar-refractivity contribution is 9.10. The van der Waals surface area contributed by atoms with Crippen molar-refractivity contribution in [2.45, 2.75) is 13.0 Å². The summed E-state index contributed by atoms with van der Waals surface area (Å²) in [5.74, 6) is 0.546. The Hall–Kier alpha value is -1.11. The van der Waals surface area contributed by atoms with Crippen molar-refractivity contribution < 1.29 is 9.47 Å². The van der Waals surface area contributed by atoms with E-state index in [1.807, 2.05) is 22.8 Å². The number of aryl methyl sites for hydroxylation is 1. The summed E-state index contributed by atoms with van der Waals surface area (Å²) < 4.78 is 13.4. The normalized spacial score (nSPS) is 11.3. The zero-order chi connectivity index (χ0) is 13.7. The fourth-order valence-corrected chi connectivity index (χ4v) is 2.27. The molecule has 1 aromatic heterocycles. The first-order valence-electron chi connectivity index (χ1n) is 6.20. The number of hydrogen-bond donors (Lipinski definition) is 1. The molecule has 2 aromatic rings. The number of benzene rings is 1. The van der Waals surface area contributed by atoms with Crippen LogP contribution in [0.4, 0.5) is 5.95 Å². The molecule has 1 heterocycles. The summed E-state index contributed by atoms with van der Waals surface area (Å²) in [6, 6.07) is 5.96. The lowest BCUT2D eigenvalue weighted by atomic mass is 10.3. The predicted molar refractivity (Wildman–Crippen MR) is 79.2 cm³/mol. The highest BCUT2D eigenvalue weighted by Gasteiger charge is 2.07. The maximum Gasteiger partial charge on any atom is 0.201 e. The van der Waals surface area contributed by atoms with Crippen molar-refractivity contribution in [2.75, 3.05) is 32.7 Å². The molecule has 0 aliphatic carbocycles. The topological polar surface area (TPSA) is 62.3 Å². The van der Waals surface area contributed by atoms with Gasteiger partial charge in [0, 0.05) is 24.7 Å². The van der Waals surface area contributed by atoms with Gasteiger partial charge in [-0.1, -0.05) is 15.9 Å². The molecule has 0 amide bonds. The number of halogens is 1. The molecular weight excluding hydrogens is 310 g/mol. The van der Waals surface area contributed by atoms with Crippen molar-refractivity contribution >= 4 is 32.9 Å².